The lowest BCUT2D eigenvalue weighted by Gasteiger charge is -2.17. The van der Waals surface area contributed by atoms with Gasteiger partial charge >= 0.3 is 6.18 Å². The Morgan fingerprint density at radius 1 is 1.41 bits per heavy atom. The third-order valence-electron chi connectivity index (χ3n) is 3.77. The first kappa shape index (κ1) is 16.5. The first-order valence-electron chi connectivity index (χ1n) is 6.75. The molecule has 0 unspecified atom stereocenters. The first-order valence-corrected chi connectivity index (χ1v) is 6.75. The molecule has 0 heterocycles. The average Bonchev–Trinajstić information content (AvgIpc) is 2.81. The Labute approximate surface area is 124 Å². The molecule has 1 aliphatic carbocycles. The maximum absolute atomic E-state index is 12.9. The van der Waals surface area contributed by atoms with E-state index < -0.39 is 34.1 Å². The molecular formula is C13H16F3N3O3. The van der Waals surface area contributed by atoms with Gasteiger partial charge in [-0.05, 0) is 30.9 Å². The molecular weight excluding hydrogens is 303 g/mol. The number of nitro groups is 1. The summed E-state index contributed by atoms with van der Waals surface area (Å²) in [4.78, 5) is 9.93. The number of anilines is 1. The van der Waals surface area contributed by atoms with Gasteiger partial charge in [-0.1, -0.05) is 0 Å². The fraction of sp³-hybridized carbons (Fsp3) is 0.538. The highest BCUT2D eigenvalue weighted by Gasteiger charge is 2.36. The summed E-state index contributed by atoms with van der Waals surface area (Å²) in [6.45, 7) is -0.00801. The second kappa shape index (κ2) is 6.09. The molecule has 1 aromatic rings. The van der Waals surface area contributed by atoms with Crippen molar-refractivity contribution in [1.29, 1.82) is 0 Å². The molecule has 9 heteroatoms. The van der Waals surface area contributed by atoms with E-state index in [1.807, 2.05) is 0 Å². The van der Waals surface area contributed by atoms with Crippen LogP contribution < -0.4 is 11.1 Å². The van der Waals surface area contributed by atoms with E-state index in [-0.39, 0.29) is 18.2 Å². The third-order valence-corrected chi connectivity index (χ3v) is 3.77. The van der Waals surface area contributed by atoms with Gasteiger partial charge in [-0.2, -0.15) is 13.2 Å². The molecule has 1 aromatic carbocycles. The number of aliphatic hydroxyl groups excluding tert-OH is 1. The highest BCUT2D eigenvalue weighted by atomic mass is 19.4. The van der Waals surface area contributed by atoms with Crippen molar-refractivity contribution in [2.75, 3.05) is 5.73 Å². The molecule has 4 N–H and O–H groups in total. The van der Waals surface area contributed by atoms with Gasteiger partial charge < -0.3 is 16.2 Å². The van der Waals surface area contributed by atoms with Crippen molar-refractivity contribution in [1.82, 2.24) is 5.32 Å². The molecule has 6 nitrogen and oxygen atoms in total. The van der Waals surface area contributed by atoms with E-state index in [0.717, 1.165) is 18.6 Å². The van der Waals surface area contributed by atoms with Gasteiger partial charge in [0.2, 0.25) is 0 Å². The summed E-state index contributed by atoms with van der Waals surface area (Å²) in [6, 6.07) is 1.61. The number of hydrogen-bond donors (Lipinski definition) is 3. The van der Waals surface area contributed by atoms with Crippen LogP contribution >= 0.6 is 0 Å². The number of nitrogens with two attached hydrogens (primary N) is 1. The topological polar surface area (TPSA) is 101 Å². The zero-order valence-electron chi connectivity index (χ0n) is 11.6. The van der Waals surface area contributed by atoms with Gasteiger partial charge in [0.05, 0.1) is 16.6 Å². The molecule has 0 aromatic heterocycles. The van der Waals surface area contributed by atoms with E-state index in [1.165, 1.54) is 0 Å². The minimum absolute atomic E-state index is 0.00801. The van der Waals surface area contributed by atoms with Crippen LogP contribution in [0, 0.1) is 10.1 Å². The zero-order valence-corrected chi connectivity index (χ0v) is 11.6. The number of benzene rings is 1. The first-order chi connectivity index (χ1) is 10.2. The fourth-order valence-corrected chi connectivity index (χ4v) is 2.61. The Hall–Kier alpha value is -1.87. The number of nitrogen functional groups attached to an aromatic ring is 1. The number of rotatable bonds is 4. The van der Waals surface area contributed by atoms with Crippen molar-refractivity contribution >= 4 is 11.4 Å². The summed E-state index contributed by atoms with van der Waals surface area (Å²) in [6.07, 6.45) is -3.14. The van der Waals surface area contributed by atoms with Crippen LogP contribution in [0.4, 0.5) is 24.5 Å². The molecule has 1 saturated carbocycles. The number of alkyl halides is 3. The van der Waals surface area contributed by atoms with Crippen LogP contribution in [0.5, 0.6) is 0 Å². The average molecular weight is 319 g/mol. The van der Waals surface area contributed by atoms with Crippen LogP contribution in [0.15, 0.2) is 12.1 Å². The van der Waals surface area contributed by atoms with Crippen molar-refractivity contribution in [2.24, 2.45) is 0 Å². The molecule has 0 amide bonds. The molecule has 1 fully saturated rings. The number of aliphatic hydroxyl groups is 1. The van der Waals surface area contributed by atoms with Gasteiger partial charge in [-0.25, -0.2) is 0 Å². The van der Waals surface area contributed by atoms with Gasteiger partial charge in [0.1, 0.15) is 5.69 Å². The Bertz CT molecular complexity index is 578. The predicted molar refractivity (Wildman–Crippen MR) is 73.0 cm³/mol. The van der Waals surface area contributed by atoms with Gasteiger partial charge in [0.15, 0.2) is 0 Å². The molecule has 22 heavy (non-hydrogen) atoms. The van der Waals surface area contributed by atoms with E-state index in [4.69, 9.17) is 5.73 Å². The molecule has 0 aliphatic heterocycles. The van der Waals surface area contributed by atoms with E-state index in [1.54, 1.807) is 0 Å². The number of nitrogens with one attached hydrogen (secondary N) is 1. The Morgan fingerprint density at radius 2 is 2.09 bits per heavy atom. The number of nitro benzene ring substituents is 1. The molecule has 0 radical (unpaired) electrons. The quantitative estimate of drug-likeness (QED) is 0.449. The van der Waals surface area contributed by atoms with Gasteiger partial charge in [0, 0.05) is 18.7 Å². The van der Waals surface area contributed by atoms with Crippen LogP contribution in [0.25, 0.3) is 0 Å². The highest BCUT2D eigenvalue weighted by Crippen LogP contribution is 2.38. The van der Waals surface area contributed by atoms with Crippen molar-refractivity contribution < 1.29 is 23.2 Å². The monoisotopic (exact) mass is 319 g/mol. The molecule has 2 atom stereocenters. The fourth-order valence-electron chi connectivity index (χ4n) is 2.61. The predicted octanol–water partition coefficient (Wildman–Crippen LogP) is 2.20. The van der Waals surface area contributed by atoms with Crippen LogP contribution in [0.3, 0.4) is 0 Å². The summed E-state index contributed by atoms with van der Waals surface area (Å²) in [5.41, 5.74) is 2.49. The van der Waals surface area contributed by atoms with Crippen molar-refractivity contribution in [3.05, 3.63) is 33.4 Å². The molecule has 0 bridgehead atoms. The summed E-state index contributed by atoms with van der Waals surface area (Å²) in [5, 5.41) is 23.5. The van der Waals surface area contributed by atoms with Gasteiger partial charge in [-0.3, -0.25) is 10.1 Å². The Kier molecular flexibility index (Phi) is 4.57. The second-order valence-corrected chi connectivity index (χ2v) is 5.32. The molecule has 1 aliphatic rings. The Morgan fingerprint density at radius 3 is 2.59 bits per heavy atom. The van der Waals surface area contributed by atoms with E-state index in [2.05, 4.69) is 5.32 Å². The van der Waals surface area contributed by atoms with Crippen molar-refractivity contribution in [3.8, 4) is 0 Å². The molecule has 0 spiro atoms. The lowest BCUT2D eigenvalue weighted by Crippen LogP contribution is -2.35. The second-order valence-electron chi connectivity index (χ2n) is 5.32. The summed E-state index contributed by atoms with van der Waals surface area (Å²) < 4.78 is 38.7. The molecule has 0 saturated heterocycles. The van der Waals surface area contributed by atoms with E-state index in [0.29, 0.717) is 12.8 Å². The number of nitrogens with zero attached hydrogens (tertiary/aromatic N) is 1. The van der Waals surface area contributed by atoms with E-state index in [9.17, 15) is 28.4 Å². The van der Waals surface area contributed by atoms with Crippen LogP contribution in [0.1, 0.15) is 30.4 Å². The summed E-state index contributed by atoms with van der Waals surface area (Å²) in [5.74, 6) is 0. The summed E-state index contributed by atoms with van der Waals surface area (Å²) >= 11 is 0. The summed E-state index contributed by atoms with van der Waals surface area (Å²) in [7, 11) is 0. The standard InChI is InChI=1S/C13H16F3N3O3/c14-13(15,16)8-4-7(5-10(12(8)17)19(21)22)6-18-9-2-1-3-11(9)20/h4-5,9,11,18,20H,1-3,6,17H2/t9-,11-/m0/s1. The van der Waals surface area contributed by atoms with Crippen molar-refractivity contribution in [2.45, 2.75) is 44.1 Å². The van der Waals surface area contributed by atoms with Crippen LogP contribution in [-0.4, -0.2) is 22.2 Å². The SMILES string of the molecule is Nc1c([N+](=O)[O-])cc(CN[C@H]2CCC[C@@H]2O)cc1C(F)(F)F. The van der Waals surface area contributed by atoms with Crippen LogP contribution in [0.2, 0.25) is 0 Å². The Balaban J connectivity index is 2.27. The maximum atomic E-state index is 12.9. The van der Waals surface area contributed by atoms with Gasteiger partial charge in [-0.15, -0.1) is 0 Å². The molecule has 2 rings (SSSR count). The normalized spacial score (nSPS) is 22.0. The smallest absolute Gasteiger partial charge is 0.393 e. The minimum atomic E-state index is -4.77. The lowest BCUT2D eigenvalue weighted by atomic mass is 10.1. The largest absolute Gasteiger partial charge is 0.418 e. The minimum Gasteiger partial charge on any atom is -0.393 e. The number of halogens is 3. The van der Waals surface area contributed by atoms with Crippen molar-refractivity contribution in [3.63, 3.8) is 0 Å². The third kappa shape index (κ3) is 3.47. The van der Waals surface area contributed by atoms with Crippen LogP contribution in [-0.2, 0) is 12.7 Å². The van der Waals surface area contributed by atoms with Gasteiger partial charge in [0.25, 0.3) is 5.69 Å². The highest BCUT2D eigenvalue weighted by molar-refractivity contribution is 5.65. The molecule has 122 valence electrons. The number of hydrogen-bond acceptors (Lipinski definition) is 5. The zero-order chi connectivity index (χ0) is 16.5. The maximum Gasteiger partial charge on any atom is 0.418 e. The van der Waals surface area contributed by atoms with E-state index >= 15 is 0 Å². The lowest BCUT2D eigenvalue weighted by molar-refractivity contribution is -0.384.